The maximum Gasteiger partial charge on any atom is 0.433 e. The van der Waals surface area contributed by atoms with Gasteiger partial charge in [0.2, 0.25) is 0 Å². The minimum Gasteiger partial charge on any atom is -0.399 e. The van der Waals surface area contributed by atoms with Crippen LogP contribution in [0.3, 0.4) is 0 Å². The zero-order valence-electron chi connectivity index (χ0n) is 9.10. The van der Waals surface area contributed by atoms with Crippen LogP contribution in [0.5, 0.6) is 0 Å². The van der Waals surface area contributed by atoms with Crippen molar-refractivity contribution in [1.29, 1.82) is 0 Å². The highest BCUT2D eigenvalue weighted by atomic mass is 19.4. The van der Waals surface area contributed by atoms with Gasteiger partial charge in [-0.1, -0.05) is 6.07 Å². The first-order valence-corrected chi connectivity index (χ1v) is 4.94. The van der Waals surface area contributed by atoms with Crippen LogP contribution in [-0.4, -0.2) is 4.98 Å². The number of pyridine rings is 1. The van der Waals surface area contributed by atoms with Crippen molar-refractivity contribution < 1.29 is 26.3 Å². The van der Waals surface area contributed by atoms with E-state index in [-0.39, 0.29) is 16.6 Å². The average molecular weight is 280 g/mol. The van der Waals surface area contributed by atoms with E-state index in [9.17, 15) is 26.3 Å². The number of benzene rings is 1. The maximum absolute atomic E-state index is 12.6. The lowest BCUT2D eigenvalue weighted by atomic mass is 10.1. The van der Waals surface area contributed by atoms with E-state index in [0.717, 1.165) is 6.07 Å². The van der Waals surface area contributed by atoms with E-state index in [0.29, 0.717) is 6.07 Å². The smallest absolute Gasteiger partial charge is 0.399 e. The van der Waals surface area contributed by atoms with Gasteiger partial charge in [0, 0.05) is 11.1 Å². The van der Waals surface area contributed by atoms with Crippen LogP contribution in [0.4, 0.5) is 32.0 Å². The van der Waals surface area contributed by atoms with Gasteiger partial charge in [-0.25, -0.2) is 4.98 Å². The van der Waals surface area contributed by atoms with Gasteiger partial charge in [0.25, 0.3) is 0 Å². The molecule has 102 valence electrons. The number of hydrogen-bond donors (Lipinski definition) is 1. The van der Waals surface area contributed by atoms with Crippen molar-refractivity contribution in [2.45, 2.75) is 12.4 Å². The molecule has 0 spiro atoms. The van der Waals surface area contributed by atoms with Crippen molar-refractivity contribution in [3.63, 3.8) is 0 Å². The van der Waals surface area contributed by atoms with Crippen molar-refractivity contribution in [1.82, 2.24) is 4.98 Å². The normalized spacial score (nSPS) is 12.9. The van der Waals surface area contributed by atoms with E-state index in [2.05, 4.69) is 4.98 Å². The SMILES string of the molecule is Nc1ccc2cc(C(F)(F)F)c(C(F)(F)F)nc2c1. The molecule has 0 saturated heterocycles. The summed E-state index contributed by atoms with van der Waals surface area (Å²) in [7, 11) is 0. The summed E-state index contributed by atoms with van der Waals surface area (Å²) in [5.74, 6) is 0. The van der Waals surface area contributed by atoms with E-state index in [4.69, 9.17) is 5.73 Å². The molecule has 1 aromatic heterocycles. The zero-order valence-corrected chi connectivity index (χ0v) is 9.10. The Kier molecular flexibility index (Phi) is 2.83. The van der Waals surface area contributed by atoms with Crippen molar-refractivity contribution in [2.75, 3.05) is 5.73 Å². The number of nitrogens with zero attached hydrogens (tertiary/aromatic N) is 1. The Morgan fingerprint density at radius 1 is 0.895 bits per heavy atom. The number of hydrogen-bond acceptors (Lipinski definition) is 2. The Morgan fingerprint density at radius 2 is 1.53 bits per heavy atom. The summed E-state index contributed by atoms with van der Waals surface area (Å²) in [6.07, 6.45) is -10.3. The molecule has 0 amide bonds. The Morgan fingerprint density at radius 3 is 2.05 bits per heavy atom. The summed E-state index contributed by atoms with van der Waals surface area (Å²) in [5.41, 5.74) is 1.48. The number of anilines is 1. The third-order valence-electron chi connectivity index (χ3n) is 2.42. The average Bonchev–Trinajstić information content (AvgIpc) is 2.24. The molecule has 2 N–H and O–H groups in total. The van der Waals surface area contributed by atoms with E-state index >= 15 is 0 Å². The van der Waals surface area contributed by atoms with Gasteiger partial charge in [-0.3, -0.25) is 0 Å². The lowest BCUT2D eigenvalue weighted by Crippen LogP contribution is -2.18. The van der Waals surface area contributed by atoms with E-state index < -0.39 is 23.6 Å². The summed E-state index contributed by atoms with van der Waals surface area (Å²) in [6, 6.07) is 3.99. The quantitative estimate of drug-likeness (QED) is 0.588. The fraction of sp³-hybridized carbons (Fsp3) is 0.182. The molecule has 2 aromatic rings. The third-order valence-corrected chi connectivity index (χ3v) is 2.42. The Labute approximate surface area is 102 Å². The molecule has 0 aliphatic heterocycles. The molecule has 0 aliphatic carbocycles. The molecular formula is C11H6F6N2. The van der Waals surface area contributed by atoms with Crippen molar-refractivity contribution >= 4 is 16.6 Å². The number of alkyl halides is 6. The molecule has 19 heavy (non-hydrogen) atoms. The highest BCUT2D eigenvalue weighted by molar-refractivity contribution is 5.82. The second kappa shape index (κ2) is 4.01. The van der Waals surface area contributed by atoms with Gasteiger partial charge in [0.1, 0.15) is 0 Å². The summed E-state index contributed by atoms with van der Waals surface area (Å²) >= 11 is 0. The molecule has 0 saturated carbocycles. The van der Waals surface area contributed by atoms with Gasteiger partial charge in [0.15, 0.2) is 5.69 Å². The van der Waals surface area contributed by atoms with Crippen LogP contribution in [0, 0.1) is 0 Å². The summed E-state index contributed by atoms with van der Waals surface area (Å²) in [5, 5.41) is -0.0606. The summed E-state index contributed by atoms with van der Waals surface area (Å²) < 4.78 is 75.7. The first-order valence-electron chi connectivity index (χ1n) is 4.94. The fourth-order valence-electron chi connectivity index (χ4n) is 1.62. The lowest BCUT2D eigenvalue weighted by molar-refractivity contribution is -0.164. The first kappa shape index (κ1) is 13.4. The number of rotatable bonds is 0. The Balaban J connectivity index is 2.82. The van der Waals surface area contributed by atoms with Crippen LogP contribution >= 0.6 is 0 Å². The van der Waals surface area contributed by atoms with Crippen molar-refractivity contribution in [3.05, 3.63) is 35.5 Å². The molecule has 0 unspecified atom stereocenters. The predicted octanol–water partition coefficient (Wildman–Crippen LogP) is 3.85. The molecule has 2 rings (SSSR count). The molecule has 0 fully saturated rings. The number of aromatic nitrogens is 1. The summed E-state index contributed by atoms with van der Waals surface area (Å²) in [6.45, 7) is 0. The standard InChI is InChI=1S/C11H6F6N2/c12-10(13,14)7-3-5-1-2-6(18)4-8(5)19-9(7)11(15,16)17/h1-4H,18H2. The largest absolute Gasteiger partial charge is 0.433 e. The van der Waals surface area contributed by atoms with Crippen molar-refractivity contribution in [3.8, 4) is 0 Å². The highest BCUT2D eigenvalue weighted by Crippen LogP contribution is 2.40. The van der Waals surface area contributed by atoms with Gasteiger partial charge < -0.3 is 5.73 Å². The number of nitrogens with two attached hydrogens (primary N) is 1. The lowest BCUT2D eigenvalue weighted by Gasteiger charge is -2.15. The highest BCUT2D eigenvalue weighted by Gasteiger charge is 2.44. The van der Waals surface area contributed by atoms with Gasteiger partial charge in [-0.2, -0.15) is 26.3 Å². The molecule has 2 nitrogen and oxygen atoms in total. The number of halogens is 6. The molecule has 8 heteroatoms. The summed E-state index contributed by atoms with van der Waals surface area (Å²) in [4.78, 5) is 3.05. The van der Waals surface area contributed by atoms with Crippen LogP contribution < -0.4 is 5.73 Å². The van der Waals surface area contributed by atoms with E-state index in [1.165, 1.54) is 12.1 Å². The molecular weight excluding hydrogens is 274 g/mol. The van der Waals surface area contributed by atoms with Crippen LogP contribution in [0.25, 0.3) is 10.9 Å². The van der Waals surface area contributed by atoms with Crippen LogP contribution in [-0.2, 0) is 12.4 Å². The topological polar surface area (TPSA) is 38.9 Å². The minimum absolute atomic E-state index is 0.0606. The number of nitrogen functional groups attached to an aromatic ring is 1. The number of fused-ring (bicyclic) bond motifs is 1. The fourth-order valence-corrected chi connectivity index (χ4v) is 1.62. The van der Waals surface area contributed by atoms with Crippen LogP contribution in [0.2, 0.25) is 0 Å². The monoisotopic (exact) mass is 280 g/mol. The van der Waals surface area contributed by atoms with Crippen molar-refractivity contribution in [2.24, 2.45) is 0 Å². The molecule has 1 heterocycles. The second-order valence-electron chi connectivity index (χ2n) is 3.83. The van der Waals surface area contributed by atoms with Gasteiger partial charge in [-0.15, -0.1) is 0 Å². The van der Waals surface area contributed by atoms with E-state index in [1.54, 1.807) is 0 Å². The molecule has 0 atom stereocenters. The first-order chi connectivity index (χ1) is 8.59. The van der Waals surface area contributed by atoms with Gasteiger partial charge >= 0.3 is 12.4 Å². The van der Waals surface area contributed by atoms with Gasteiger partial charge in [0.05, 0.1) is 11.1 Å². The Hall–Kier alpha value is -1.99. The molecule has 0 aliphatic rings. The maximum atomic E-state index is 12.6. The van der Waals surface area contributed by atoms with Crippen LogP contribution in [0.1, 0.15) is 11.3 Å². The van der Waals surface area contributed by atoms with Crippen LogP contribution in [0.15, 0.2) is 24.3 Å². The molecule has 0 radical (unpaired) electrons. The minimum atomic E-state index is -5.19. The molecule has 0 bridgehead atoms. The third kappa shape index (κ3) is 2.56. The predicted molar refractivity (Wildman–Crippen MR) is 56.2 cm³/mol. The van der Waals surface area contributed by atoms with E-state index in [1.807, 2.05) is 0 Å². The zero-order chi connectivity index (χ0) is 14.4. The van der Waals surface area contributed by atoms with Gasteiger partial charge in [-0.05, 0) is 18.2 Å². The Bertz CT molecular complexity index is 629. The second-order valence-corrected chi connectivity index (χ2v) is 3.83. The molecule has 1 aromatic carbocycles.